The maximum Gasteiger partial charge on any atom is 0.237 e. The smallest absolute Gasteiger partial charge is 0.237 e. The van der Waals surface area contributed by atoms with E-state index >= 15 is 0 Å². The highest BCUT2D eigenvalue weighted by Gasteiger charge is 2.21. The molecule has 0 aliphatic heterocycles. The number of hydrogen-bond acceptors (Lipinski definition) is 3. The number of rotatable bonds is 5. The number of nitrogens with zero attached hydrogens (tertiary/aromatic N) is 2. The Kier molecular flexibility index (Phi) is 5.15. The van der Waals surface area contributed by atoms with Crippen LogP contribution in [0.3, 0.4) is 0 Å². The molecule has 23 heavy (non-hydrogen) atoms. The fourth-order valence-electron chi connectivity index (χ4n) is 2.38. The van der Waals surface area contributed by atoms with Crippen LogP contribution in [-0.2, 0) is 4.79 Å². The molecular weight excluding hydrogens is 295 g/mol. The highest BCUT2D eigenvalue weighted by Crippen LogP contribution is 2.20. The number of benzene rings is 1. The van der Waals surface area contributed by atoms with Crippen LogP contribution in [0.15, 0.2) is 30.5 Å². The molecule has 0 spiro atoms. The van der Waals surface area contributed by atoms with Crippen LogP contribution in [0.25, 0.3) is 5.69 Å². The molecule has 0 fully saturated rings. The molecule has 0 aliphatic rings. The first-order chi connectivity index (χ1) is 10.8. The number of hydrogen-bond donors (Lipinski definition) is 2. The molecule has 0 radical (unpaired) electrons. The van der Waals surface area contributed by atoms with Crippen molar-refractivity contribution in [3.63, 3.8) is 0 Å². The molecule has 124 valence electrons. The average Bonchev–Trinajstić information content (AvgIpc) is 2.88. The lowest BCUT2D eigenvalue weighted by atomic mass is 10.0. The van der Waals surface area contributed by atoms with Gasteiger partial charge < -0.3 is 11.1 Å². The Morgan fingerprint density at radius 2 is 1.87 bits per heavy atom. The number of nitrogens with one attached hydrogen (secondary N) is 1. The van der Waals surface area contributed by atoms with Crippen LogP contribution in [-0.4, -0.2) is 21.7 Å². The average molecular weight is 318 g/mol. The summed E-state index contributed by atoms with van der Waals surface area (Å²) in [4.78, 5) is 12.1. The van der Waals surface area contributed by atoms with E-state index in [1.807, 2.05) is 27.7 Å². The summed E-state index contributed by atoms with van der Waals surface area (Å²) in [6.45, 7) is 7.63. The first-order valence-corrected chi connectivity index (χ1v) is 7.67. The lowest BCUT2D eigenvalue weighted by Crippen LogP contribution is -2.44. The first-order valence-electron chi connectivity index (χ1n) is 7.67. The number of nitrogens with two attached hydrogens (primary N) is 1. The normalized spacial score (nSPS) is 13.9. The number of carbonyl (C=O) groups is 1. The summed E-state index contributed by atoms with van der Waals surface area (Å²) in [5.41, 5.74) is 8.43. The van der Waals surface area contributed by atoms with Gasteiger partial charge in [0.25, 0.3) is 0 Å². The minimum atomic E-state index is -0.537. The fourth-order valence-corrected chi connectivity index (χ4v) is 2.38. The van der Waals surface area contributed by atoms with Gasteiger partial charge in [0, 0.05) is 11.3 Å². The van der Waals surface area contributed by atoms with E-state index < -0.39 is 6.04 Å². The molecule has 1 heterocycles. The van der Waals surface area contributed by atoms with Crippen LogP contribution in [0, 0.1) is 18.7 Å². The topological polar surface area (TPSA) is 72.9 Å². The Morgan fingerprint density at radius 1 is 1.26 bits per heavy atom. The Hall–Kier alpha value is -2.21. The third kappa shape index (κ3) is 3.76. The predicted molar refractivity (Wildman–Crippen MR) is 87.6 cm³/mol. The number of carbonyl (C=O) groups excluding carboxylic acids is 1. The molecule has 3 N–H and O–H groups in total. The van der Waals surface area contributed by atoms with Crippen molar-refractivity contribution in [3.8, 4) is 5.69 Å². The molecule has 1 unspecified atom stereocenters. The van der Waals surface area contributed by atoms with Crippen molar-refractivity contribution in [2.24, 2.45) is 11.7 Å². The van der Waals surface area contributed by atoms with Crippen LogP contribution >= 0.6 is 0 Å². The molecule has 0 bridgehead atoms. The zero-order chi connectivity index (χ0) is 17.1. The van der Waals surface area contributed by atoms with Crippen molar-refractivity contribution in [3.05, 3.63) is 47.5 Å². The lowest BCUT2D eigenvalue weighted by molar-refractivity contribution is -0.123. The fraction of sp³-hybridized carbons (Fsp3) is 0.412. The van der Waals surface area contributed by atoms with E-state index in [1.54, 1.807) is 23.0 Å². The van der Waals surface area contributed by atoms with E-state index in [4.69, 9.17) is 5.73 Å². The molecule has 2 rings (SSSR count). The van der Waals surface area contributed by atoms with Gasteiger partial charge in [-0.25, -0.2) is 9.07 Å². The summed E-state index contributed by atoms with van der Waals surface area (Å²) in [5.74, 6) is -0.395. The van der Waals surface area contributed by atoms with Gasteiger partial charge in [-0.15, -0.1) is 0 Å². The van der Waals surface area contributed by atoms with Crippen molar-refractivity contribution in [2.75, 3.05) is 0 Å². The summed E-state index contributed by atoms with van der Waals surface area (Å²) in [6.07, 6.45) is 1.71. The molecule has 6 heteroatoms. The molecule has 1 aromatic heterocycles. The third-order valence-electron chi connectivity index (χ3n) is 3.97. The van der Waals surface area contributed by atoms with Gasteiger partial charge in [-0.3, -0.25) is 4.79 Å². The number of amides is 1. The van der Waals surface area contributed by atoms with Crippen LogP contribution in [0.5, 0.6) is 0 Å². The molecule has 0 aliphatic carbocycles. The summed E-state index contributed by atoms with van der Waals surface area (Å²) < 4.78 is 14.8. The monoisotopic (exact) mass is 318 g/mol. The largest absolute Gasteiger partial charge is 0.348 e. The van der Waals surface area contributed by atoms with Gasteiger partial charge in [0.05, 0.1) is 24.0 Å². The van der Waals surface area contributed by atoms with Crippen molar-refractivity contribution in [1.82, 2.24) is 15.1 Å². The van der Waals surface area contributed by atoms with Gasteiger partial charge in [-0.05, 0) is 44.0 Å². The van der Waals surface area contributed by atoms with Crippen LogP contribution in [0.2, 0.25) is 0 Å². The molecular formula is C17H23FN4O. The maximum atomic E-state index is 13.0. The van der Waals surface area contributed by atoms with Crippen LogP contribution < -0.4 is 11.1 Å². The van der Waals surface area contributed by atoms with Crippen molar-refractivity contribution in [2.45, 2.75) is 39.8 Å². The molecule has 1 aromatic carbocycles. The molecule has 5 nitrogen and oxygen atoms in total. The van der Waals surface area contributed by atoms with Gasteiger partial charge in [0.15, 0.2) is 0 Å². The zero-order valence-electron chi connectivity index (χ0n) is 13.9. The zero-order valence-corrected chi connectivity index (χ0v) is 13.9. The molecule has 2 atom stereocenters. The quantitative estimate of drug-likeness (QED) is 0.889. The Bertz CT molecular complexity index is 678. The number of aromatic nitrogens is 2. The van der Waals surface area contributed by atoms with Gasteiger partial charge in [-0.2, -0.15) is 5.10 Å². The number of halogens is 1. The minimum Gasteiger partial charge on any atom is -0.348 e. The molecule has 0 saturated heterocycles. The molecule has 1 amide bonds. The second kappa shape index (κ2) is 6.91. The van der Waals surface area contributed by atoms with Gasteiger partial charge in [0.1, 0.15) is 5.82 Å². The molecule has 2 aromatic rings. The van der Waals surface area contributed by atoms with Crippen molar-refractivity contribution < 1.29 is 9.18 Å². The van der Waals surface area contributed by atoms with E-state index in [2.05, 4.69) is 10.4 Å². The second-order valence-corrected chi connectivity index (χ2v) is 6.07. The summed E-state index contributed by atoms with van der Waals surface area (Å²) >= 11 is 0. The van der Waals surface area contributed by atoms with E-state index in [0.29, 0.717) is 0 Å². The lowest BCUT2D eigenvalue weighted by Gasteiger charge is -2.19. The summed E-state index contributed by atoms with van der Waals surface area (Å²) in [6, 6.07) is 5.37. The predicted octanol–water partition coefficient (Wildman–Crippen LogP) is 2.48. The van der Waals surface area contributed by atoms with Gasteiger partial charge in [-0.1, -0.05) is 13.8 Å². The van der Waals surface area contributed by atoms with Crippen molar-refractivity contribution >= 4 is 5.91 Å². The SMILES string of the molecule is Cc1c(C(C)NC(=O)[C@@H](N)C(C)C)cnn1-c1ccc(F)cc1. The van der Waals surface area contributed by atoms with Gasteiger partial charge in [0.2, 0.25) is 5.91 Å². The first kappa shape index (κ1) is 17.1. The van der Waals surface area contributed by atoms with Crippen LogP contribution in [0.4, 0.5) is 4.39 Å². The van der Waals surface area contributed by atoms with E-state index in [9.17, 15) is 9.18 Å². The Labute approximate surface area is 135 Å². The summed E-state index contributed by atoms with van der Waals surface area (Å²) in [5, 5.41) is 7.25. The van der Waals surface area contributed by atoms with Crippen molar-refractivity contribution in [1.29, 1.82) is 0 Å². The highest BCUT2D eigenvalue weighted by atomic mass is 19.1. The minimum absolute atomic E-state index is 0.0743. The Morgan fingerprint density at radius 3 is 2.43 bits per heavy atom. The standard InChI is InChI=1S/C17H23FN4O/c1-10(2)16(19)17(23)21-11(3)15-9-20-22(12(15)4)14-7-5-13(18)6-8-14/h5-11,16H,19H2,1-4H3,(H,21,23)/t11?,16-/m0/s1. The highest BCUT2D eigenvalue weighted by molar-refractivity contribution is 5.82. The van der Waals surface area contributed by atoms with E-state index in [-0.39, 0.29) is 23.7 Å². The second-order valence-electron chi connectivity index (χ2n) is 6.07. The van der Waals surface area contributed by atoms with E-state index in [0.717, 1.165) is 16.9 Å². The third-order valence-corrected chi connectivity index (χ3v) is 3.97. The Balaban J connectivity index is 2.18. The molecule has 0 saturated carbocycles. The van der Waals surface area contributed by atoms with E-state index in [1.165, 1.54) is 12.1 Å². The van der Waals surface area contributed by atoms with Crippen LogP contribution in [0.1, 0.15) is 38.1 Å². The maximum absolute atomic E-state index is 13.0. The summed E-state index contributed by atoms with van der Waals surface area (Å²) in [7, 11) is 0. The van der Waals surface area contributed by atoms with Gasteiger partial charge >= 0.3 is 0 Å².